The van der Waals surface area contributed by atoms with E-state index in [1.54, 1.807) is 12.1 Å². The summed E-state index contributed by atoms with van der Waals surface area (Å²) in [5.41, 5.74) is 0.531. The molecule has 0 heterocycles. The summed E-state index contributed by atoms with van der Waals surface area (Å²) in [6.45, 7) is 6.15. The number of carbonyl (C=O) groups is 1. The van der Waals surface area contributed by atoms with Gasteiger partial charge in [-0.05, 0) is 49.9 Å². The van der Waals surface area contributed by atoms with E-state index in [0.717, 1.165) is 18.4 Å². The Morgan fingerprint density at radius 3 is 2.62 bits per heavy atom. The van der Waals surface area contributed by atoms with Gasteiger partial charge in [0.2, 0.25) is 0 Å². The molecule has 1 aromatic rings. The van der Waals surface area contributed by atoms with E-state index in [4.69, 9.17) is 0 Å². The van der Waals surface area contributed by atoms with Crippen LogP contribution < -0.4 is 16.0 Å². The number of nitrogens with one attached hydrogen (secondary N) is 3. The van der Waals surface area contributed by atoms with Crippen molar-refractivity contribution in [2.75, 3.05) is 19.6 Å². The number of hydrogen-bond acceptors (Lipinski definition) is 3. The lowest BCUT2D eigenvalue weighted by atomic mass is 9.87. The number of phenolic OH excluding ortho intramolecular Hbond substituents is 1. The molecular formula is C19H31IN4O2. The second kappa shape index (κ2) is 12.0. The van der Waals surface area contributed by atoms with Gasteiger partial charge in [0, 0.05) is 24.7 Å². The Hall–Kier alpha value is -1.51. The fraction of sp³-hybridized carbons (Fsp3) is 0.579. The summed E-state index contributed by atoms with van der Waals surface area (Å²) in [5, 5.41) is 18.9. The van der Waals surface area contributed by atoms with Gasteiger partial charge in [-0.15, -0.1) is 24.0 Å². The van der Waals surface area contributed by atoms with Crippen molar-refractivity contribution in [3.05, 3.63) is 29.8 Å². The monoisotopic (exact) mass is 474 g/mol. The number of halogens is 1. The number of carbonyl (C=O) groups excluding carboxylic acids is 1. The van der Waals surface area contributed by atoms with Crippen molar-refractivity contribution in [2.24, 2.45) is 10.9 Å². The Bertz CT molecular complexity index is 577. The molecular weight excluding hydrogens is 443 g/mol. The molecule has 2 unspecified atom stereocenters. The summed E-state index contributed by atoms with van der Waals surface area (Å²) in [5.74, 6) is 1.58. The van der Waals surface area contributed by atoms with Crippen LogP contribution in [0.15, 0.2) is 29.3 Å². The van der Waals surface area contributed by atoms with Crippen molar-refractivity contribution in [1.82, 2.24) is 16.0 Å². The Balaban J connectivity index is 0.00000338. The van der Waals surface area contributed by atoms with Crippen LogP contribution in [0.25, 0.3) is 0 Å². The van der Waals surface area contributed by atoms with Crippen molar-refractivity contribution in [1.29, 1.82) is 0 Å². The van der Waals surface area contributed by atoms with Crippen LogP contribution in [0, 0.1) is 5.92 Å². The van der Waals surface area contributed by atoms with Crippen LogP contribution in [-0.2, 0) is 0 Å². The van der Waals surface area contributed by atoms with Crippen LogP contribution >= 0.6 is 24.0 Å². The van der Waals surface area contributed by atoms with Gasteiger partial charge in [-0.2, -0.15) is 0 Å². The lowest BCUT2D eigenvalue weighted by Crippen LogP contribution is -2.45. The molecule has 1 aromatic carbocycles. The molecule has 146 valence electrons. The number of aromatic hydroxyl groups is 1. The molecule has 1 aliphatic carbocycles. The lowest BCUT2D eigenvalue weighted by Gasteiger charge is -2.28. The SMILES string of the molecule is CCNC(=NCCNC(=O)c1ccc(O)cc1)NC1CCCC(C)C1.I. The maximum atomic E-state index is 12.0. The molecule has 4 N–H and O–H groups in total. The largest absolute Gasteiger partial charge is 0.508 e. The zero-order valence-corrected chi connectivity index (χ0v) is 18.0. The van der Waals surface area contributed by atoms with Gasteiger partial charge >= 0.3 is 0 Å². The van der Waals surface area contributed by atoms with Crippen molar-refractivity contribution < 1.29 is 9.90 Å². The normalized spacial score (nSPS) is 20.0. The molecule has 7 heteroatoms. The van der Waals surface area contributed by atoms with Crippen LogP contribution in [0.2, 0.25) is 0 Å². The first-order valence-corrected chi connectivity index (χ1v) is 9.20. The standard InChI is InChI=1S/C19H30N4O2.HI/c1-3-20-19(23-16-6-4-5-14(2)13-16)22-12-11-21-18(25)15-7-9-17(24)10-8-15;/h7-10,14,16,24H,3-6,11-13H2,1-2H3,(H,21,25)(H2,20,22,23);1H. The molecule has 2 atom stereocenters. The molecule has 0 bridgehead atoms. The summed E-state index contributed by atoms with van der Waals surface area (Å²) in [7, 11) is 0. The van der Waals surface area contributed by atoms with Gasteiger partial charge in [0.05, 0.1) is 6.54 Å². The predicted molar refractivity (Wildman–Crippen MR) is 116 cm³/mol. The van der Waals surface area contributed by atoms with Gasteiger partial charge in [0.15, 0.2) is 5.96 Å². The Kier molecular flexibility index (Phi) is 10.4. The molecule has 26 heavy (non-hydrogen) atoms. The topological polar surface area (TPSA) is 85.8 Å². The van der Waals surface area contributed by atoms with E-state index < -0.39 is 0 Å². The van der Waals surface area contributed by atoms with Gasteiger partial charge in [-0.25, -0.2) is 0 Å². The van der Waals surface area contributed by atoms with Crippen LogP contribution in [0.3, 0.4) is 0 Å². The fourth-order valence-corrected chi connectivity index (χ4v) is 3.13. The van der Waals surface area contributed by atoms with Crippen molar-refractivity contribution in [3.63, 3.8) is 0 Å². The predicted octanol–water partition coefficient (Wildman–Crippen LogP) is 2.87. The fourth-order valence-electron chi connectivity index (χ4n) is 3.13. The maximum absolute atomic E-state index is 12.0. The van der Waals surface area contributed by atoms with E-state index in [9.17, 15) is 9.90 Å². The van der Waals surface area contributed by atoms with Crippen LogP contribution in [0.4, 0.5) is 0 Å². The van der Waals surface area contributed by atoms with Crippen LogP contribution in [0.5, 0.6) is 5.75 Å². The Labute approximate surface area is 173 Å². The molecule has 0 aliphatic heterocycles. The van der Waals surface area contributed by atoms with Gasteiger partial charge in [0.25, 0.3) is 5.91 Å². The van der Waals surface area contributed by atoms with Crippen molar-refractivity contribution in [2.45, 2.75) is 45.6 Å². The molecule has 1 aliphatic rings. The number of amides is 1. The minimum atomic E-state index is -0.158. The van der Waals surface area contributed by atoms with Crippen LogP contribution in [-0.4, -0.2) is 42.6 Å². The molecule has 1 saturated carbocycles. The minimum absolute atomic E-state index is 0. The first kappa shape index (κ1) is 22.5. The summed E-state index contributed by atoms with van der Waals surface area (Å²) in [6, 6.07) is 6.69. The number of nitrogens with zero attached hydrogens (tertiary/aromatic N) is 1. The number of rotatable bonds is 6. The molecule has 0 aromatic heterocycles. The highest BCUT2D eigenvalue weighted by atomic mass is 127. The highest BCUT2D eigenvalue weighted by Gasteiger charge is 2.19. The van der Waals surface area contributed by atoms with Crippen molar-refractivity contribution in [3.8, 4) is 5.75 Å². The van der Waals surface area contributed by atoms with Gasteiger partial charge in [-0.1, -0.05) is 19.8 Å². The molecule has 6 nitrogen and oxygen atoms in total. The molecule has 0 spiro atoms. The molecule has 2 rings (SSSR count). The van der Waals surface area contributed by atoms with Crippen molar-refractivity contribution >= 4 is 35.8 Å². The third-order valence-electron chi connectivity index (χ3n) is 4.42. The highest BCUT2D eigenvalue weighted by molar-refractivity contribution is 14.0. The molecule has 0 radical (unpaired) electrons. The third-order valence-corrected chi connectivity index (χ3v) is 4.42. The number of guanidine groups is 1. The van der Waals surface area contributed by atoms with E-state index in [0.29, 0.717) is 24.7 Å². The number of phenols is 1. The summed E-state index contributed by atoms with van der Waals surface area (Å²) in [4.78, 5) is 16.6. The van der Waals surface area contributed by atoms with Gasteiger partial charge < -0.3 is 21.1 Å². The van der Waals surface area contributed by atoms with Gasteiger partial charge in [-0.3, -0.25) is 9.79 Å². The number of hydrogen-bond donors (Lipinski definition) is 4. The molecule has 1 amide bonds. The third kappa shape index (κ3) is 7.80. The van der Waals surface area contributed by atoms with E-state index in [1.807, 2.05) is 6.92 Å². The first-order chi connectivity index (χ1) is 12.1. The van der Waals surface area contributed by atoms with Crippen LogP contribution in [0.1, 0.15) is 49.9 Å². The molecule has 1 fully saturated rings. The second-order valence-electron chi connectivity index (χ2n) is 6.68. The zero-order valence-electron chi connectivity index (χ0n) is 15.6. The Morgan fingerprint density at radius 1 is 1.23 bits per heavy atom. The lowest BCUT2D eigenvalue weighted by molar-refractivity contribution is 0.0955. The average molecular weight is 474 g/mol. The zero-order chi connectivity index (χ0) is 18.1. The minimum Gasteiger partial charge on any atom is -0.508 e. The number of benzene rings is 1. The quantitative estimate of drug-likeness (QED) is 0.221. The molecule has 0 saturated heterocycles. The maximum Gasteiger partial charge on any atom is 0.251 e. The number of aliphatic imine (C=N–C) groups is 1. The summed E-state index contributed by atoms with van der Waals surface area (Å²) >= 11 is 0. The highest BCUT2D eigenvalue weighted by Crippen LogP contribution is 2.23. The van der Waals surface area contributed by atoms with E-state index in [-0.39, 0.29) is 35.6 Å². The Morgan fingerprint density at radius 2 is 1.96 bits per heavy atom. The van der Waals surface area contributed by atoms with Gasteiger partial charge in [0.1, 0.15) is 5.75 Å². The first-order valence-electron chi connectivity index (χ1n) is 9.20. The second-order valence-corrected chi connectivity index (χ2v) is 6.68. The smallest absolute Gasteiger partial charge is 0.251 e. The van der Waals surface area contributed by atoms with E-state index >= 15 is 0 Å². The van der Waals surface area contributed by atoms with E-state index in [2.05, 4.69) is 27.9 Å². The summed E-state index contributed by atoms with van der Waals surface area (Å²) in [6.07, 6.45) is 4.95. The summed E-state index contributed by atoms with van der Waals surface area (Å²) < 4.78 is 0. The average Bonchev–Trinajstić information content (AvgIpc) is 2.59. The van der Waals surface area contributed by atoms with E-state index in [1.165, 1.54) is 37.8 Å².